The minimum absolute atomic E-state index is 0.0463. The Morgan fingerprint density at radius 3 is 2.59 bits per heavy atom. The van der Waals surface area contributed by atoms with Crippen LogP contribution >= 0.6 is 0 Å². The van der Waals surface area contributed by atoms with Gasteiger partial charge in [-0.15, -0.1) is 0 Å². The molecule has 2 amide bonds. The van der Waals surface area contributed by atoms with Gasteiger partial charge in [-0.25, -0.2) is 9.31 Å². The highest BCUT2D eigenvalue weighted by Crippen LogP contribution is 2.28. The Morgan fingerprint density at radius 1 is 1.12 bits per heavy atom. The fourth-order valence-electron chi connectivity index (χ4n) is 4.14. The smallest absolute Gasteiger partial charge is 0.404 e. The minimum atomic E-state index is -1.03. The van der Waals surface area contributed by atoms with Crippen LogP contribution in [0.25, 0.3) is 16.9 Å². The van der Waals surface area contributed by atoms with Crippen molar-refractivity contribution in [1.82, 2.24) is 25.2 Å². The number of nitrogens with one attached hydrogen (secondary N) is 3. The number of aromatic nitrogens is 3. The molecule has 0 saturated heterocycles. The molecule has 0 unspecified atom stereocenters. The second kappa shape index (κ2) is 9.88. The van der Waals surface area contributed by atoms with Crippen LogP contribution in [0.4, 0.5) is 10.5 Å². The summed E-state index contributed by atoms with van der Waals surface area (Å²) in [4.78, 5) is 28.0. The van der Waals surface area contributed by atoms with E-state index < -0.39 is 12.0 Å². The van der Waals surface area contributed by atoms with Crippen molar-refractivity contribution in [1.29, 1.82) is 10.5 Å². The van der Waals surface area contributed by atoms with E-state index in [0.29, 0.717) is 41.0 Å². The zero-order valence-corrected chi connectivity index (χ0v) is 18.2. The molecular formula is C23H22N8O3. The number of nitrogens with zero attached hydrogens (tertiary/aromatic N) is 5. The molecule has 11 nitrogen and oxygen atoms in total. The summed E-state index contributed by atoms with van der Waals surface area (Å²) in [5.41, 5.74) is 3.35. The van der Waals surface area contributed by atoms with Crippen LogP contribution in [0.5, 0.6) is 0 Å². The Bertz CT molecular complexity index is 1310. The molecule has 3 heterocycles. The Kier molecular flexibility index (Phi) is 6.55. The van der Waals surface area contributed by atoms with Crippen LogP contribution < -0.4 is 16.0 Å². The molecule has 3 aromatic rings. The third-order valence-corrected chi connectivity index (χ3v) is 5.78. The van der Waals surface area contributed by atoms with Gasteiger partial charge in [0.05, 0.1) is 46.0 Å². The molecule has 0 aliphatic heterocycles. The van der Waals surface area contributed by atoms with Crippen LogP contribution in [0.1, 0.15) is 41.6 Å². The van der Waals surface area contributed by atoms with E-state index in [-0.39, 0.29) is 18.6 Å². The predicted molar refractivity (Wildman–Crippen MR) is 122 cm³/mol. The number of anilines is 1. The average molecular weight is 458 g/mol. The molecule has 0 radical (unpaired) electrons. The highest BCUT2D eigenvalue weighted by molar-refractivity contribution is 6.00. The summed E-state index contributed by atoms with van der Waals surface area (Å²) in [7, 11) is 0. The Labute approximate surface area is 195 Å². The zero-order valence-electron chi connectivity index (χ0n) is 18.2. The first kappa shape index (κ1) is 22.6. The first-order valence-corrected chi connectivity index (χ1v) is 10.8. The standard InChI is InChI=1S/C23H22N8O3/c24-7-8-26-22(32)18-13-27-20(21-6-5-17-9-14(11-25)12-28-31(17)21)10-19(18)29-15-1-3-16(4-2-15)30-23(33)34/h5-6,9-10,12-13,15-16,30H,1-4,8H2,(H,26,32)(H,27,29)(H,33,34). The average Bonchev–Trinajstić information content (AvgIpc) is 3.26. The van der Waals surface area contributed by atoms with Crippen molar-refractivity contribution >= 4 is 23.2 Å². The summed E-state index contributed by atoms with van der Waals surface area (Å²) in [6.07, 6.45) is 4.75. The van der Waals surface area contributed by atoms with Crippen LogP contribution in [0.3, 0.4) is 0 Å². The highest BCUT2D eigenvalue weighted by atomic mass is 16.4. The van der Waals surface area contributed by atoms with Crippen LogP contribution in [0, 0.1) is 22.7 Å². The first-order chi connectivity index (χ1) is 16.5. The lowest BCUT2D eigenvalue weighted by atomic mass is 9.91. The van der Waals surface area contributed by atoms with Crippen molar-refractivity contribution in [2.24, 2.45) is 0 Å². The topological polar surface area (TPSA) is 168 Å². The van der Waals surface area contributed by atoms with E-state index in [9.17, 15) is 9.59 Å². The molecule has 0 bridgehead atoms. The molecule has 1 aliphatic carbocycles. The number of pyridine rings is 1. The number of rotatable bonds is 6. The number of nitriles is 2. The summed E-state index contributed by atoms with van der Waals surface area (Å²) in [5, 5.41) is 39.7. The van der Waals surface area contributed by atoms with Crippen LogP contribution in [0.15, 0.2) is 36.7 Å². The van der Waals surface area contributed by atoms with Gasteiger partial charge in [0.2, 0.25) is 0 Å². The van der Waals surface area contributed by atoms with E-state index in [0.717, 1.165) is 18.4 Å². The SMILES string of the molecule is N#CCNC(=O)c1cnc(-c2ccc3cc(C#N)cnn23)cc1NC1CCC(NC(=O)O)CC1. The Hall–Kier alpha value is -4.64. The molecule has 3 aromatic heterocycles. The van der Waals surface area contributed by atoms with Gasteiger partial charge in [0, 0.05) is 18.3 Å². The number of hydrogen-bond acceptors (Lipinski definition) is 7. The van der Waals surface area contributed by atoms with E-state index in [2.05, 4.69) is 32.1 Å². The first-order valence-electron chi connectivity index (χ1n) is 10.8. The van der Waals surface area contributed by atoms with Crippen molar-refractivity contribution in [2.45, 2.75) is 37.8 Å². The third-order valence-electron chi connectivity index (χ3n) is 5.78. The summed E-state index contributed by atoms with van der Waals surface area (Å²) in [5.74, 6) is -0.416. The number of carbonyl (C=O) groups is 2. The van der Waals surface area contributed by atoms with Gasteiger partial charge in [-0.1, -0.05) is 0 Å². The molecule has 0 aromatic carbocycles. The van der Waals surface area contributed by atoms with E-state index >= 15 is 0 Å². The van der Waals surface area contributed by atoms with Gasteiger partial charge in [0.15, 0.2) is 0 Å². The van der Waals surface area contributed by atoms with Crippen molar-refractivity contribution in [3.8, 4) is 23.5 Å². The largest absolute Gasteiger partial charge is 0.465 e. The van der Waals surface area contributed by atoms with Crippen molar-refractivity contribution in [2.75, 3.05) is 11.9 Å². The van der Waals surface area contributed by atoms with Gasteiger partial charge in [-0.2, -0.15) is 15.6 Å². The second-order valence-corrected chi connectivity index (χ2v) is 8.01. The summed E-state index contributed by atoms with van der Waals surface area (Å²) in [6, 6.07) is 11.1. The molecule has 1 aliphatic rings. The molecule has 172 valence electrons. The van der Waals surface area contributed by atoms with Gasteiger partial charge in [0.25, 0.3) is 5.91 Å². The number of carboxylic acid groups (broad SMARTS) is 1. The zero-order chi connectivity index (χ0) is 24.1. The van der Waals surface area contributed by atoms with Crippen LogP contribution in [0.2, 0.25) is 0 Å². The molecule has 4 N–H and O–H groups in total. The molecule has 0 atom stereocenters. The van der Waals surface area contributed by atoms with Crippen molar-refractivity contribution in [3.63, 3.8) is 0 Å². The maximum Gasteiger partial charge on any atom is 0.404 e. The van der Waals surface area contributed by atoms with Crippen molar-refractivity contribution < 1.29 is 14.7 Å². The van der Waals surface area contributed by atoms with Crippen LogP contribution in [-0.2, 0) is 0 Å². The number of amides is 2. The number of hydrogen-bond donors (Lipinski definition) is 4. The molecule has 1 fully saturated rings. The Morgan fingerprint density at radius 2 is 1.88 bits per heavy atom. The maximum atomic E-state index is 12.7. The molecular weight excluding hydrogens is 436 g/mol. The quantitative estimate of drug-likeness (QED) is 0.409. The number of carbonyl (C=O) groups excluding carboxylic acids is 1. The van der Waals surface area contributed by atoms with Gasteiger partial charge in [0.1, 0.15) is 12.6 Å². The van der Waals surface area contributed by atoms with Gasteiger partial charge in [-0.05, 0) is 49.9 Å². The molecule has 34 heavy (non-hydrogen) atoms. The lowest BCUT2D eigenvalue weighted by Crippen LogP contribution is -2.39. The summed E-state index contributed by atoms with van der Waals surface area (Å²) < 4.78 is 1.67. The maximum absolute atomic E-state index is 12.7. The van der Waals surface area contributed by atoms with Crippen LogP contribution in [-0.4, -0.2) is 50.3 Å². The monoisotopic (exact) mass is 458 g/mol. The highest BCUT2D eigenvalue weighted by Gasteiger charge is 2.24. The van der Waals surface area contributed by atoms with E-state index in [1.165, 1.54) is 12.4 Å². The Balaban J connectivity index is 1.63. The molecule has 0 spiro atoms. The van der Waals surface area contributed by atoms with Gasteiger partial charge >= 0.3 is 6.09 Å². The van der Waals surface area contributed by atoms with E-state index in [1.54, 1.807) is 16.6 Å². The fraction of sp³-hybridized carbons (Fsp3) is 0.304. The lowest BCUT2D eigenvalue weighted by Gasteiger charge is -2.30. The normalized spacial score (nSPS) is 17.4. The fourth-order valence-corrected chi connectivity index (χ4v) is 4.14. The number of fused-ring (bicyclic) bond motifs is 1. The summed E-state index contributed by atoms with van der Waals surface area (Å²) in [6.45, 7) is -0.125. The third kappa shape index (κ3) is 4.89. The molecule has 4 rings (SSSR count). The van der Waals surface area contributed by atoms with Crippen molar-refractivity contribution in [3.05, 3.63) is 47.8 Å². The minimum Gasteiger partial charge on any atom is -0.465 e. The summed E-state index contributed by atoms with van der Waals surface area (Å²) >= 11 is 0. The van der Waals surface area contributed by atoms with E-state index in [4.69, 9.17) is 15.6 Å². The van der Waals surface area contributed by atoms with E-state index in [1.807, 2.05) is 18.2 Å². The van der Waals surface area contributed by atoms with Gasteiger partial charge in [-0.3, -0.25) is 9.78 Å². The van der Waals surface area contributed by atoms with Gasteiger partial charge < -0.3 is 21.1 Å². The lowest BCUT2D eigenvalue weighted by molar-refractivity contribution is 0.0958. The second-order valence-electron chi connectivity index (χ2n) is 8.01. The molecule has 1 saturated carbocycles. The molecule has 11 heteroatoms. The predicted octanol–water partition coefficient (Wildman–Crippen LogP) is 2.51.